The van der Waals surface area contributed by atoms with Crippen LogP contribution in [0.1, 0.15) is 38.0 Å². The number of benzene rings is 1. The van der Waals surface area contributed by atoms with E-state index in [1.807, 2.05) is 0 Å². The Morgan fingerprint density at radius 3 is 2.50 bits per heavy atom. The van der Waals surface area contributed by atoms with E-state index in [4.69, 9.17) is 23.4 Å². The molecule has 222 valence electrons. The zero-order valence-electron chi connectivity index (χ0n) is 22.4. The fraction of sp³-hybridized carbons (Fsp3) is 0.667. The minimum absolute atomic E-state index is 0.00156. The summed E-state index contributed by atoms with van der Waals surface area (Å²) in [7, 11) is 0. The van der Waals surface area contributed by atoms with Crippen molar-refractivity contribution in [2.45, 2.75) is 100 Å². The van der Waals surface area contributed by atoms with Crippen LogP contribution in [0.25, 0.3) is 11.0 Å². The Labute approximate surface area is 229 Å². The van der Waals surface area contributed by atoms with Crippen molar-refractivity contribution < 1.29 is 59.1 Å². The van der Waals surface area contributed by atoms with Crippen LogP contribution in [0.2, 0.25) is 0 Å². The molecule has 0 radical (unpaired) electrons. The van der Waals surface area contributed by atoms with Gasteiger partial charge in [-0.2, -0.15) is 0 Å². The van der Waals surface area contributed by atoms with E-state index in [0.29, 0.717) is 17.1 Å². The predicted molar refractivity (Wildman–Crippen MR) is 136 cm³/mol. The standard InChI is InChI=1S/C27H36O13/c1-11-6-13(29)19-16(37-11)8-15-12(20(19)30)7-18(26(2,3)40-15)39-25-23(33)22(32)21(31)17(38-25)9-36-14-4-5-27(35,10-28)24(14)34/h6,8,14,17-18,21-25,28,30-35H,4-5,7,9-10H2,1-3H3/t14-,17?,18+,21-,22-,23?,24?,25+,27-/m1/s1. The molecule has 0 amide bonds. The quantitative estimate of drug-likeness (QED) is 0.223. The smallest absolute Gasteiger partial charge is 0.196 e. The highest BCUT2D eigenvalue weighted by atomic mass is 16.7. The van der Waals surface area contributed by atoms with Gasteiger partial charge in [0.15, 0.2) is 11.7 Å². The van der Waals surface area contributed by atoms with Gasteiger partial charge in [-0.15, -0.1) is 0 Å². The number of hydrogen-bond acceptors (Lipinski definition) is 13. The maximum Gasteiger partial charge on any atom is 0.196 e. The van der Waals surface area contributed by atoms with E-state index in [1.165, 1.54) is 12.1 Å². The minimum Gasteiger partial charge on any atom is -0.507 e. The molecule has 7 N–H and O–H groups in total. The highest BCUT2D eigenvalue weighted by Crippen LogP contribution is 2.43. The summed E-state index contributed by atoms with van der Waals surface area (Å²) in [6.07, 6.45) is -10.1. The molecule has 1 saturated heterocycles. The monoisotopic (exact) mass is 568 g/mol. The van der Waals surface area contributed by atoms with E-state index in [9.17, 15) is 40.5 Å². The van der Waals surface area contributed by atoms with Crippen molar-refractivity contribution in [3.8, 4) is 11.5 Å². The van der Waals surface area contributed by atoms with Crippen molar-refractivity contribution in [3.63, 3.8) is 0 Å². The van der Waals surface area contributed by atoms with Crippen LogP contribution in [0.3, 0.4) is 0 Å². The van der Waals surface area contributed by atoms with Crippen molar-refractivity contribution in [1.82, 2.24) is 0 Å². The first-order valence-electron chi connectivity index (χ1n) is 13.2. The SMILES string of the molecule is Cc1cc(=O)c2c(O)c3c(cc2o1)OC(C)(C)[C@@H](O[C@@H]1OC(CO[C@@H]2CC[C@@](O)(CO)C2O)[C@@H](O)[C@@H](O)C1O)C3. The lowest BCUT2D eigenvalue weighted by Crippen LogP contribution is -2.61. The lowest BCUT2D eigenvalue weighted by atomic mass is 9.89. The van der Waals surface area contributed by atoms with Crippen LogP contribution in [-0.4, -0.2) is 109 Å². The Balaban J connectivity index is 1.34. The third-order valence-corrected chi connectivity index (χ3v) is 8.20. The lowest BCUT2D eigenvalue weighted by molar-refractivity contribution is -0.324. The molecule has 13 heteroatoms. The third kappa shape index (κ3) is 4.99. The van der Waals surface area contributed by atoms with E-state index in [-0.39, 0.29) is 42.6 Å². The molecule has 1 saturated carbocycles. The van der Waals surface area contributed by atoms with Gasteiger partial charge >= 0.3 is 0 Å². The second-order valence-corrected chi connectivity index (χ2v) is 11.5. The van der Waals surface area contributed by atoms with Crippen LogP contribution in [0.15, 0.2) is 21.3 Å². The maximum absolute atomic E-state index is 12.6. The number of aryl methyl sites for hydroxylation is 1. The molecule has 5 rings (SSSR count). The van der Waals surface area contributed by atoms with Crippen LogP contribution in [-0.2, 0) is 20.6 Å². The fourth-order valence-corrected chi connectivity index (χ4v) is 5.66. The van der Waals surface area contributed by atoms with Crippen molar-refractivity contribution in [2.75, 3.05) is 13.2 Å². The minimum atomic E-state index is -1.70. The van der Waals surface area contributed by atoms with E-state index < -0.39 is 72.3 Å². The average Bonchev–Trinajstić information content (AvgIpc) is 3.17. The second-order valence-electron chi connectivity index (χ2n) is 11.5. The van der Waals surface area contributed by atoms with Crippen LogP contribution >= 0.6 is 0 Å². The number of hydrogen-bond donors (Lipinski definition) is 7. The number of fused-ring (bicyclic) bond motifs is 2. The van der Waals surface area contributed by atoms with Crippen molar-refractivity contribution in [2.24, 2.45) is 0 Å². The Bertz CT molecular complexity index is 1310. The van der Waals surface area contributed by atoms with E-state index in [0.717, 1.165) is 0 Å². The summed E-state index contributed by atoms with van der Waals surface area (Å²) in [4.78, 5) is 12.6. The molecule has 3 heterocycles. The third-order valence-electron chi connectivity index (χ3n) is 8.20. The maximum atomic E-state index is 12.6. The van der Waals surface area contributed by atoms with Gasteiger partial charge in [-0.1, -0.05) is 0 Å². The number of ether oxygens (including phenoxy) is 4. The Morgan fingerprint density at radius 2 is 1.82 bits per heavy atom. The van der Waals surface area contributed by atoms with Gasteiger partial charge in [-0.05, 0) is 33.6 Å². The largest absolute Gasteiger partial charge is 0.507 e. The van der Waals surface area contributed by atoms with Crippen LogP contribution in [0.5, 0.6) is 11.5 Å². The van der Waals surface area contributed by atoms with E-state index >= 15 is 0 Å². The fourth-order valence-electron chi connectivity index (χ4n) is 5.66. The molecule has 3 aliphatic rings. The number of aromatic hydroxyl groups is 1. The van der Waals surface area contributed by atoms with Gasteiger partial charge in [0.05, 0.1) is 19.3 Å². The molecular formula is C27H36O13. The molecule has 13 nitrogen and oxygen atoms in total. The zero-order valence-corrected chi connectivity index (χ0v) is 22.4. The zero-order chi connectivity index (χ0) is 29.1. The molecule has 40 heavy (non-hydrogen) atoms. The second kappa shape index (κ2) is 10.5. The number of aliphatic hydroxyl groups is 6. The summed E-state index contributed by atoms with van der Waals surface area (Å²) < 4.78 is 29.2. The molecule has 3 unspecified atom stereocenters. The first kappa shape index (κ1) is 29.2. The first-order chi connectivity index (χ1) is 18.8. The van der Waals surface area contributed by atoms with Gasteiger partial charge in [-0.3, -0.25) is 4.79 Å². The molecule has 1 aromatic carbocycles. The summed E-state index contributed by atoms with van der Waals surface area (Å²) in [5, 5.41) is 72.6. The van der Waals surface area contributed by atoms with Gasteiger partial charge in [0, 0.05) is 24.1 Å². The van der Waals surface area contributed by atoms with Gasteiger partial charge in [0.1, 0.15) is 76.1 Å². The lowest BCUT2D eigenvalue weighted by Gasteiger charge is -2.45. The van der Waals surface area contributed by atoms with Crippen LogP contribution in [0.4, 0.5) is 0 Å². The Hall–Kier alpha value is -2.33. The summed E-state index contributed by atoms with van der Waals surface area (Å²) >= 11 is 0. The molecule has 1 aliphatic carbocycles. The van der Waals surface area contributed by atoms with Crippen LogP contribution < -0.4 is 10.2 Å². The normalized spacial score (nSPS) is 37.3. The summed E-state index contributed by atoms with van der Waals surface area (Å²) in [6, 6.07) is 2.80. The molecule has 2 fully saturated rings. The van der Waals surface area contributed by atoms with Crippen molar-refractivity contribution >= 4 is 11.0 Å². The first-order valence-corrected chi connectivity index (χ1v) is 13.2. The number of aliphatic hydroxyl groups excluding tert-OH is 5. The highest BCUT2D eigenvalue weighted by Gasteiger charge is 2.50. The van der Waals surface area contributed by atoms with Gasteiger partial charge in [-0.25, -0.2) is 0 Å². The van der Waals surface area contributed by atoms with Gasteiger partial charge < -0.3 is 59.1 Å². The average molecular weight is 569 g/mol. The molecule has 0 spiro atoms. The predicted octanol–water partition coefficient (Wildman–Crippen LogP) is -1.02. The Morgan fingerprint density at radius 1 is 1.10 bits per heavy atom. The molecule has 1 aromatic heterocycles. The van der Waals surface area contributed by atoms with E-state index in [1.54, 1.807) is 20.8 Å². The summed E-state index contributed by atoms with van der Waals surface area (Å²) in [5.74, 6) is 0.367. The summed E-state index contributed by atoms with van der Waals surface area (Å²) in [5.41, 5.74) is -2.68. The molecule has 9 atom stereocenters. The van der Waals surface area contributed by atoms with E-state index in [2.05, 4.69) is 0 Å². The molecule has 0 bridgehead atoms. The van der Waals surface area contributed by atoms with Crippen molar-refractivity contribution in [3.05, 3.63) is 33.7 Å². The molecular weight excluding hydrogens is 532 g/mol. The van der Waals surface area contributed by atoms with Crippen molar-refractivity contribution in [1.29, 1.82) is 0 Å². The topological polar surface area (TPSA) is 209 Å². The van der Waals surface area contributed by atoms with Gasteiger partial charge in [0.2, 0.25) is 0 Å². The molecule has 2 aliphatic heterocycles. The summed E-state index contributed by atoms with van der Waals surface area (Å²) in [6.45, 7) is 4.10. The van der Waals surface area contributed by atoms with Gasteiger partial charge in [0.25, 0.3) is 0 Å². The molecule has 2 aromatic rings. The number of phenols is 1. The number of phenolic OH excluding ortho intramolecular Hbond substituents is 1. The Kier molecular flexibility index (Phi) is 7.66. The number of rotatable bonds is 6. The highest BCUT2D eigenvalue weighted by molar-refractivity contribution is 5.87. The van der Waals surface area contributed by atoms with Crippen LogP contribution in [0, 0.1) is 6.92 Å².